The summed E-state index contributed by atoms with van der Waals surface area (Å²) in [4.78, 5) is 32.1. The van der Waals surface area contributed by atoms with E-state index >= 15 is 0 Å². The van der Waals surface area contributed by atoms with E-state index in [1.807, 2.05) is 79.3 Å². The van der Waals surface area contributed by atoms with E-state index in [1.165, 1.54) is 0 Å². The lowest BCUT2D eigenvalue weighted by atomic mass is 10.0. The molecule has 0 bridgehead atoms. The van der Waals surface area contributed by atoms with Gasteiger partial charge in [-0.05, 0) is 24.6 Å². The largest absolute Gasteiger partial charge is 0.492 e. The van der Waals surface area contributed by atoms with Crippen LogP contribution in [0.1, 0.15) is 30.8 Å². The number of imidazole rings is 1. The van der Waals surface area contributed by atoms with Crippen LogP contribution in [-0.2, 0) is 16.6 Å². The molecule has 4 rings (SSSR count). The van der Waals surface area contributed by atoms with Gasteiger partial charge in [-0.25, -0.2) is 4.98 Å². The van der Waals surface area contributed by atoms with Gasteiger partial charge in [0.25, 0.3) is 0 Å². The summed E-state index contributed by atoms with van der Waals surface area (Å²) >= 11 is 0. The Labute approximate surface area is 181 Å². The van der Waals surface area contributed by atoms with Gasteiger partial charge in [0.1, 0.15) is 17.6 Å². The summed E-state index contributed by atoms with van der Waals surface area (Å²) in [6.45, 7) is 2.72. The van der Waals surface area contributed by atoms with Crippen LogP contribution in [0.25, 0.3) is 0 Å². The molecule has 2 amide bonds. The van der Waals surface area contributed by atoms with E-state index in [2.05, 4.69) is 10.3 Å². The average molecular weight is 418 g/mol. The highest BCUT2D eigenvalue weighted by Gasteiger charge is 2.37. The summed E-state index contributed by atoms with van der Waals surface area (Å²) < 4.78 is 7.56. The molecule has 7 heteroatoms. The topological polar surface area (TPSA) is 76.5 Å². The Morgan fingerprint density at radius 2 is 1.94 bits per heavy atom. The molecule has 7 nitrogen and oxygen atoms in total. The number of nitrogens with zero attached hydrogens (tertiary/aromatic N) is 3. The molecule has 3 aromatic rings. The first-order valence-corrected chi connectivity index (χ1v) is 10.4. The first-order chi connectivity index (χ1) is 15.1. The van der Waals surface area contributed by atoms with Crippen LogP contribution < -0.4 is 15.0 Å². The summed E-state index contributed by atoms with van der Waals surface area (Å²) in [5.74, 6) is 0.688. The smallest absolute Gasteiger partial charge is 0.227 e. The molecule has 1 fully saturated rings. The number of nitrogens with one attached hydrogen (secondary N) is 1. The number of aromatic nitrogens is 2. The first kappa shape index (κ1) is 20.7. The minimum atomic E-state index is -0.450. The van der Waals surface area contributed by atoms with Gasteiger partial charge in [-0.1, -0.05) is 42.5 Å². The van der Waals surface area contributed by atoms with E-state index in [0.29, 0.717) is 24.6 Å². The molecule has 31 heavy (non-hydrogen) atoms. The molecule has 1 aromatic heterocycles. The van der Waals surface area contributed by atoms with Crippen LogP contribution >= 0.6 is 0 Å². The molecule has 1 saturated heterocycles. The third kappa shape index (κ3) is 4.30. The molecular weight excluding hydrogens is 392 g/mol. The monoisotopic (exact) mass is 418 g/mol. The van der Waals surface area contributed by atoms with E-state index < -0.39 is 12.0 Å². The van der Waals surface area contributed by atoms with Gasteiger partial charge < -0.3 is 19.5 Å². The molecular formula is C24H26N4O3. The number of anilines is 1. The zero-order valence-electron chi connectivity index (χ0n) is 17.7. The summed E-state index contributed by atoms with van der Waals surface area (Å²) in [5.41, 5.74) is 1.64. The van der Waals surface area contributed by atoms with E-state index in [-0.39, 0.29) is 18.2 Å². The fourth-order valence-corrected chi connectivity index (χ4v) is 3.93. The lowest BCUT2D eigenvalue weighted by Crippen LogP contribution is -2.37. The lowest BCUT2D eigenvalue weighted by molar-refractivity contribution is -0.126. The minimum absolute atomic E-state index is 0.0828. The number of hydrogen-bond acceptors (Lipinski definition) is 4. The summed E-state index contributed by atoms with van der Waals surface area (Å²) in [7, 11) is 1.90. The molecule has 2 atom stereocenters. The zero-order valence-corrected chi connectivity index (χ0v) is 17.7. The van der Waals surface area contributed by atoms with E-state index in [1.54, 1.807) is 11.1 Å². The Bertz CT molecular complexity index is 1060. The molecule has 0 radical (unpaired) electrons. The van der Waals surface area contributed by atoms with Crippen molar-refractivity contribution in [2.75, 3.05) is 18.1 Å². The van der Waals surface area contributed by atoms with Gasteiger partial charge >= 0.3 is 0 Å². The second-order valence-corrected chi connectivity index (χ2v) is 7.55. The predicted octanol–water partition coefficient (Wildman–Crippen LogP) is 3.08. The van der Waals surface area contributed by atoms with Crippen LogP contribution in [0.15, 0.2) is 67.0 Å². The van der Waals surface area contributed by atoms with Crippen LogP contribution in [0.4, 0.5) is 5.69 Å². The number of carbonyl (C=O) groups is 2. The van der Waals surface area contributed by atoms with Gasteiger partial charge in [-0.3, -0.25) is 9.59 Å². The Balaban J connectivity index is 1.54. The van der Waals surface area contributed by atoms with Crippen molar-refractivity contribution >= 4 is 17.5 Å². The van der Waals surface area contributed by atoms with Crippen molar-refractivity contribution in [3.8, 4) is 5.75 Å². The molecule has 0 unspecified atom stereocenters. The maximum absolute atomic E-state index is 13.2. The maximum Gasteiger partial charge on any atom is 0.227 e. The number of amides is 2. The predicted molar refractivity (Wildman–Crippen MR) is 118 cm³/mol. The number of hydrogen-bond donors (Lipinski definition) is 1. The first-order valence-electron chi connectivity index (χ1n) is 10.4. The standard InChI is InChI=1S/C24H26N4O3/c1-3-31-20-12-8-7-11-19(20)28-16-18(15-21(28)29)24(30)26-22(17-9-5-4-6-10-17)23-25-13-14-27(23)2/h4-14,18,22H,3,15-16H2,1-2H3,(H,26,30)/t18-,22-/m0/s1. The number of aryl methyl sites for hydroxylation is 1. The van der Waals surface area contributed by atoms with Gasteiger partial charge in [-0.2, -0.15) is 0 Å². The SMILES string of the molecule is CCOc1ccccc1N1C[C@@H](C(=O)N[C@@H](c2ccccc2)c2nccn2C)CC1=O. The third-order valence-electron chi connectivity index (χ3n) is 5.49. The Hall–Kier alpha value is -3.61. The molecule has 0 spiro atoms. The third-order valence-corrected chi connectivity index (χ3v) is 5.49. The highest BCUT2D eigenvalue weighted by molar-refractivity contribution is 6.01. The quantitative estimate of drug-likeness (QED) is 0.640. The molecule has 160 valence electrons. The van der Waals surface area contributed by atoms with Gasteiger partial charge in [0.05, 0.1) is 18.2 Å². The molecule has 1 aliphatic rings. The molecule has 0 aliphatic carbocycles. The van der Waals surface area contributed by atoms with Gasteiger partial charge in [-0.15, -0.1) is 0 Å². The van der Waals surface area contributed by atoms with Crippen LogP contribution in [0.2, 0.25) is 0 Å². The van der Waals surface area contributed by atoms with E-state index in [4.69, 9.17) is 4.74 Å². The normalized spacial score (nSPS) is 16.9. The summed E-state index contributed by atoms with van der Waals surface area (Å²) in [5, 5.41) is 3.12. The fourth-order valence-electron chi connectivity index (χ4n) is 3.93. The minimum Gasteiger partial charge on any atom is -0.492 e. The van der Waals surface area contributed by atoms with Crippen molar-refractivity contribution in [3.05, 3.63) is 78.4 Å². The maximum atomic E-state index is 13.2. The van der Waals surface area contributed by atoms with Crippen LogP contribution in [-0.4, -0.2) is 34.5 Å². The van der Waals surface area contributed by atoms with Crippen molar-refractivity contribution in [3.63, 3.8) is 0 Å². The Morgan fingerprint density at radius 1 is 1.19 bits per heavy atom. The van der Waals surface area contributed by atoms with Crippen LogP contribution in [0, 0.1) is 5.92 Å². The highest BCUT2D eigenvalue weighted by Crippen LogP contribution is 2.33. The van der Waals surface area contributed by atoms with Crippen molar-refractivity contribution < 1.29 is 14.3 Å². The molecule has 0 saturated carbocycles. The molecule has 1 N–H and O–H groups in total. The number of benzene rings is 2. The molecule has 2 heterocycles. The number of para-hydroxylation sites is 2. The second-order valence-electron chi connectivity index (χ2n) is 7.55. The second kappa shape index (κ2) is 9.04. The lowest BCUT2D eigenvalue weighted by Gasteiger charge is -2.22. The van der Waals surface area contributed by atoms with Crippen LogP contribution in [0.5, 0.6) is 5.75 Å². The zero-order chi connectivity index (χ0) is 21.8. The highest BCUT2D eigenvalue weighted by atomic mass is 16.5. The molecule has 2 aromatic carbocycles. The fraction of sp³-hybridized carbons (Fsp3) is 0.292. The van der Waals surface area contributed by atoms with E-state index in [0.717, 1.165) is 11.4 Å². The van der Waals surface area contributed by atoms with Crippen molar-refractivity contribution in [1.29, 1.82) is 0 Å². The number of rotatable bonds is 7. The molecule has 1 aliphatic heterocycles. The summed E-state index contributed by atoms with van der Waals surface area (Å²) in [6.07, 6.45) is 3.72. The number of carbonyl (C=O) groups excluding carboxylic acids is 2. The van der Waals surface area contributed by atoms with Crippen molar-refractivity contribution in [2.24, 2.45) is 13.0 Å². The Morgan fingerprint density at radius 3 is 2.65 bits per heavy atom. The van der Waals surface area contributed by atoms with Crippen molar-refractivity contribution in [1.82, 2.24) is 14.9 Å². The van der Waals surface area contributed by atoms with Gasteiger partial charge in [0.15, 0.2) is 0 Å². The average Bonchev–Trinajstić information content (AvgIpc) is 3.39. The van der Waals surface area contributed by atoms with Crippen molar-refractivity contribution in [2.45, 2.75) is 19.4 Å². The van der Waals surface area contributed by atoms with E-state index in [9.17, 15) is 9.59 Å². The van der Waals surface area contributed by atoms with Gasteiger partial charge in [0, 0.05) is 32.4 Å². The Kier molecular flexibility index (Phi) is 6.02. The summed E-state index contributed by atoms with van der Waals surface area (Å²) in [6, 6.07) is 16.8. The van der Waals surface area contributed by atoms with Crippen LogP contribution in [0.3, 0.4) is 0 Å². The van der Waals surface area contributed by atoms with Gasteiger partial charge in [0.2, 0.25) is 11.8 Å². The number of ether oxygens (including phenoxy) is 1.